The van der Waals surface area contributed by atoms with Crippen LogP contribution in [-0.4, -0.2) is 25.7 Å². The normalized spacial score (nSPS) is 20.5. The molecule has 1 aromatic rings. The standard InChI is InChI=1S/C20H26N2O3/c1-4-25-18-10-9-15(12-19(18)24-3)11-16(13-21)20(23)22-17-8-6-5-7-14(17)2/h9-12,14,17H,4-8H2,1-3H3,(H,22,23)/b16-11+/t14-,17+/m0/s1. The molecule has 1 fully saturated rings. The molecular weight excluding hydrogens is 316 g/mol. The van der Waals surface area contributed by atoms with E-state index in [9.17, 15) is 10.1 Å². The van der Waals surface area contributed by atoms with Crippen LogP contribution in [-0.2, 0) is 4.79 Å². The van der Waals surface area contributed by atoms with Crippen LogP contribution in [0.1, 0.15) is 45.1 Å². The summed E-state index contributed by atoms with van der Waals surface area (Å²) >= 11 is 0. The molecule has 0 spiro atoms. The Balaban J connectivity index is 2.16. The van der Waals surface area contributed by atoms with E-state index in [1.54, 1.807) is 31.4 Å². The lowest BCUT2D eigenvalue weighted by atomic mass is 9.86. The third-order valence-electron chi connectivity index (χ3n) is 4.59. The molecule has 5 heteroatoms. The summed E-state index contributed by atoms with van der Waals surface area (Å²) in [6.45, 7) is 4.59. The van der Waals surface area contributed by atoms with Crippen molar-refractivity contribution in [3.8, 4) is 17.6 Å². The third-order valence-corrected chi connectivity index (χ3v) is 4.59. The number of nitrogens with zero attached hydrogens (tertiary/aromatic N) is 1. The summed E-state index contributed by atoms with van der Waals surface area (Å²) in [4.78, 5) is 12.5. The average Bonchev–Trinajstić information content (AvgIpc) is 2.62. The van der Waals surface area contributed by atoms with Gasteiger partial charge in [0.15, 0.2) is 11.5 Å². The minimum atomic E-state index is -0.311. The number of carbonyl (C=O) groups is 1. The van der Waals surface area contributed by atoms with Gasteiger partial charge in [-0.3, -0.25) is 4.79 Å². The van der Waals surface area contributed by atoms with Crippen molar-refractivity contribution in [3.05, 3.63) is 29.3 Å². The topological polar surface area (TPSA) is 71.3 Å². The number of hydrogen-bond acceptors (Lipinski definition) is 4. The van der Waals surface area contributed by atoms with Crippen LogP contribution >= 0.6 is 0 Å². The highest BCUT2D eigenvalue weighted by Gasteiger charge is 2.24. The van der Waals surface area contributed by atoms with Crippen molar-refractivity contribution in [3.63, 3.8) is 0 Å². The van der Waals surface area contributed by atoms with Crippen LogP contribution in [0.2, 0.25) is 0 Å². The minimum absolute atomic E-state index is 0.101. The zero-order chi connectivity index (χ0) is 18.2. The van der Waals surface area contributed by atoms with E-state index < -0.39 is 0 Å². The zero-order valence-corrected chi connectivity index (χ0v) is 15.2. The van der Waals surface area contributed by atoms with E-state index >= 15 is 0 Å². The molecule has 0 radical (unpaired) electrons. The maximum absolute atomic E-state index is 12.5. The second-order valence-corrected chi connectivity index (χ2v) is 6.35. The van der Waals surface area contributed by atoms with Gasteiger partial charge < -0.3 is 14.8 Å². The van der Waals surface area contributed by atoms with Gasteiger partial charge in [-0.2, -0.15) is 5.26 Å². The molecular formula is C20H26N2O3. The molecule has 0 saturated heterocycles. The molecule has 0 aromatic heterocycles. The molecule has 1 aromatic carbocycles. The van der Waals surface area contributed by atoms with Crippen molar-refractivity contribution in [1.82, 2.24) is 5.32 Å². The molecule has 1 amide bonds. The molecule has 25 heavy (non-hydrogen) atoms. The lowest BCUT2D eigenvalue weighted by molar-refractivity contribution is -0.118. The summed E-state index contributed by atoms with van der Waals surface area (Å²) in [5, 5.41) is 12.4. The van der Waals surface area contributed by atoms with E-state index in [4.69, 9.17) is 9.47 Å². The number of carbonyl (C=O) groups excluding carboxylic acids is 1. The first kappa shape index (κ1) is 18.9. The van der Waals surface area contributed by atoms with Crippen molar-refractivity contribution < 1.29 is 14.3 Å². The molecule has 2 atom stereocenters. The largest absolute Gasteiger partial charge is 0.493 e. The van der Waals surface area contributed by atoms with Crippen LogP contribution in [0.15, 0.2) is 23.8 Å². The van der Waals surface area contributed by atoms with E-state index in [0.29, 0.717) is 24.0 Å². The van der Waals surface area contributed by atoms with Gasteiger partial charge in [0.25, 0.3) is 5.91 Å². The van der Waals surface area contributed by atoms with Crippen molar-refractivity contribution in [2.45, 2.75) is 45.6 Å². The molecule has 1 aliphatic carbocycles. The number of nitriles is 1. The van der Waals surface area contributed by atoms with Gasteiger partial charge in [0.05, 0.1) is 13.7 Å². The van der Waals surface area contributed by atoms with Gasteiger partial charge in [-0.15, -0.1) is 0 Å². The molecule has 0 heterocycles. The Labute approximate surface area is 149 Å². The van der Waals surface area contributed by atoms with Crippen molar-refractivity contribution >= 4 is 12.0 Å². The van der Waals surface area contributed by atoms with Gasteiger partial charge in [-0.1, -0.05) is 25.8 Å². The quantitative estimate of drug-likeness (QED) is 0.632. The molecule has 1 N–H and O–H groups in total. The van der Waals surface area contributed by atoms with Crippen molar-refractivity contribution in [2.24, 2.45) is 5.92 Å². The first-order valence-corrected chi connectivity index (χ1v) is 8.82. The lowest BCUT2D eigenvalue weighted by Gasteiger charge is -2.29. The van der Waals surface area contributed by atoms with E-state index in [1.807, 2.05) is 13.0 Å². The SMILES string of the molecule is CCOc1ccc(/C=C(\C#N)C(=O)N[C@@H]2CCCC[C@@H]2C)cc1OC. The number of methoxy groups -OCH3 is 1. The Morgan fingerprint density at radius 2 is 2.12 bits per heavy atom. The lowest BCUT2D eigenvalue weighted by Crippen LogP contribution is -2.41. The van der Waals surface area contributed by atoms with Crippen LogP contribution in [0, 0.1) is 17.2 Å². The van der Waals surface area contributed by atoms with Gasteiger partial charge in [-0.05, 0) is 49.5 Å². The molecule has 1 saturated carbocycles. The molecule has 0 bridgehead atoms. The van der Waals surface area contributed by atoms with Crippen LogP contribution in [0.25, 0.3) is 6.08 Å². The van der Waals surface area contributed by atoms with Gasteiger partial charge >= 0.3 is 0 Å². The summed E-state index contributed by atoms with van der Waals surface area (Å²) in [7, 11) is 1.56. The van der Waals surface area contributed by atoms with Gasteiger partial charge in [0.1, 0.15) is 11.6 Å². The van der Waals surface area contributed by atoms with E-state index in [-0.39, 0.29) is 17.5 Å². The van der Waals surface area contributed by atoms with Gasteiger partial charge in [-0.25, -0.2) is 0 Å². The van der Waals surface area contributed by atoms with Crippen molar-refractivity contribution in [1.29, 1.82) is 5.26 Å². The van der Waals surface area contributed by atoms with Crippen LogP contribution < -0.4 is 14.8 Å². The Hall–Kier alpha value is -2.48. The van der Waals surface area contributed by atoms with Crippen LogP contribution in [0.4, 0.5) is 0 Å². The number of nitrogens with one attached hydrogen (secondary N) is 1. The Morgan fingerprint density at radius 1 is 1.36 bits per heavy atom. The first-order chi connectivity index (χ1) is 12.1. The number of rotatable bonds is 6. The monoisotopic (exact) mass is 342 g/mol. The fourth-order valence-electron chi connectivity index (χ4n) is 3.14. The molecule has 2 rings (SSSR count). The second kappa shape index (κ2) is 9.12. The van der Waals surface area contributed by atoms with E-state index in [0.717, 1.165) is 24.8 Å². The number of hydrogen-bond donors (Lipinski definition) is 1. The molecule has 134 valence electrons. The second-order valence-electron chi connectivity index (χ2n) is 6.35. The average molecular weight is 342 g/mol. The minimum Gasteiger partial charge on any atom is -0.493 e. The Bertz CT molecular complexity index is 676. The summed E-state index contributed by atoms with van der Waals surface area (Å²) in [5.41, 5.74) is 0.827. The molecule has 0 aliphatic heterocycles. The smallest absolute Gasteiger partial charge is 0.262 e. The Kier molecular flexibility index (Phi) is 6.88. The summed E-state index contributed by atoms with van der Waals surface area (Å²) in [6.07, 6.45) is 6.01. The maximum Gasteiger partial charge on any atom is 0.262 e. The van der Waals surface area contributed by atoms with E-state index in [2.05, 4.69) is 12.2 Å². The highest BCUT2D eigenvalue weighted by molar-refractivity contribution is 6.01. The predicted molar refractivity (Wildman–Crippen MR) is 97.3 cm³/mol. The highest BCUT2D eigenvalue weighted by atomic mass is 16.5. The maximum atomic E-state index is 12.5. The summed E-state index contributed by atoms with van der Waals surface area (Å²) in [5.74, 6) is 1.35. The van der Waals surface area contributed by atoms with Crippen LogP contribution in [0.5, 0.6) is 11.5 Å². The number of ether oxygens (including phenoxy) is 2. The van der Waals surface area contributed by atoms with Crippen molar-refractivity contribution in [2.75, 3.05) is 13.7 Å². The summed E-state index contributed by atoms with van der Waals surface area (Å²) < 4.78 is 10.8. The first-order valence-electron chi connectivity index (χ1n) is 8.82. The third kappa shape index (κ3) is 4.99. The van der Waals surface area contributed by atoms with Gasteiger partial charge in [0.2, 0.25) is 0 Å². The zero-order valence-electron chi connectivity index (χ0n) is 15.2. The predicted octanol–water partition coefficient (Wildman–Crippen LogP) is 3.70. The van der Waals surface area contributed by atoms with Crippen LogP contribution in [0.3, 0.4) is 0 Å². The van der Waals surface area contributed by atoms with E-state index in [1.165, 1.54) is 6.42 Å². The Morgan fingerprint density at radius 3 is 2.76 bits per heavy atom. The highest BCUT2D eigenvalue weighted by Crippen LogP contribution is 2.29. The van der Waals surface area contributed by atoms with Gasteiger partial charge in [0, 0.05) is 6.04 Å². The summed E-state index contributed by atoms with van der Waals surface area (Å²) in [6, 6.07) is 7.51. The molecule has 5 nitrogen and oxygen atoms in total. The molecule has 1 aliphatic rings. The number of amides is 1. The number of benzene rings is 1. The fourth-order valence-corrected chi connectivity index (χ4v) is 3.14. The fraction of sp³-hybridized carbons (Fsp3) is 0.500. The molecule has 0 unspecified atom stereocenters.